The van der Waals surface area contributed by atoms with Gasteiger partial charge in [-0.15, -0.1) is 0 Å². The topological polar surface area (TPSA) is 62.5 Å². The maximum atomic E-state index is 13.1. The summed E-state index contributed by atoms with van der Waals surface area (Å²) in [5.74, 6) is 1.61. The summed E-state index contributed by atoms with van der Waals surface area (Å²) in [6.45, 7) is 7.30. The van der Waals surface area contributed by atoms with Crippen molar-refractivity contribution in [1.29, 1.82) is 0 Å². The van der Waals surface area contributed by atoms with Crippen LogP contribution in [0.1, 0.15) is 42.3 Å². The van der Waals surface area contributed by atoms with Crippen LogP contribution in [0.4, 0.5) is 4.39 Å². The molecule has 2 rings (SSSR count). The van der Waals surface area contributed by atoms with E-state index in [0.29, 0.717) is 25.0 Å². The molecule has 130 valence electrons. The number of guanidine groups is 1. The number of nitrogens with one attached hydrogen (secondary N) is 2. The van der Waals surface area contributed by atoms with Gasteiger partial charge in [0, 0.05) is 19.7 Å². The number of hydrogen-bond acceptors (Lipinski definition) is 3. The van der Waals surface area contributed by atoms with Gasteiger partial charge in [-0.25, -0.2) is 4.39 Å². The minimum absolute atomic E-state index is 0.200. The summed E-state index contributed by atoms with van der Waals surface area (Å²) in [6, 6.07) is 6.82. The fraction of sp³-hybridized carbons (Fsp3) is 0.444. The van der Waals surface area contributed by atoms with Gasteiger partial charge in [-0.05, 0) is 42.5 Å². The lowest BCUT2D eigenvalue weighted by atomic mass is 10.1. The Morgan fingerprint density at radius 3 is 2.71 bits per heavy atom. The van der Waals surface area contributed by atoms with Gasteiger partial charge in [-0.3, -0.25) is 4.99 Å². The number of halogens is 1. The minimum atomic E-state index is -0.200. The van der Waals surface area contributed by atoms with Gasteiger partial charge < -0.3 is 15.2 Å². The summed E-state index contributed by atoms with van der Waals surface area (Å²) in [4.78, 5) is 4.19. The highest BCUT2D eigenvalue weighted by Gasteiger charge is 2.08. The van der Waals surface area contributed by atoms with Crippen molar-refractivity contribution in [3.63, 3.8) is 0 Å². The lowest BCUT2D eigenvalue weighted by Gasteiger charge is -2.11. The molecule has 24 heavy (non-hydrogen) atoms. The summed E-state index contributed by atoms with van der Waals surface area (Å²) in [5.41, 5.74) is 3.03. The predicted octanol–water partition coefficient (Wildman–Crippen LogP) is 3.15. The Bertz CT molecular complexity index is 694. The molecule has 2 N–H and O–H groups in total. The maximum absolute atomic E-state index is 13.1. The lowest BCUT2D eigenvalue weighted by Crippen LogP contribution is -2.37. The third-order valence-corrected chi connectivity index (χ3v) is 3.81. The number of hydrogen-bond donors (Lipinski definition) is 2. The van der Waals surface area contributed by atoms with Crippen LogP contribution >= 0.6 is 0 Å². The van der Waals surface area contributed by atoms with Crippen LogP contribution in [-0.4, -0.2) is 24.7 Å². The van der Waals surface area contributed by atoms with E-state index in [1.54, 1.807) is 13.1 Å². The van der Waals surface area contributed by atoms with E-state index >= 15 is 0 Å². The van der Waals surface area contributed by atoms with Crippen molar-refractivity contribution in [2.45, 2.75) is 39.7 Å². The first-order valence-electron chi connectivity index (χ1n) is 8.14. The van der Waals surface area contributed by atoms with Crippen LogP contribution in [0.5, 0.6) is 0 Å². The predicted molar refractivity (Wildman–Crippen MR) is 93.6 cm³/mol. The van der Waals surface area contributed by atoms with Gasteiger partial charge in [0.25, 0.3) is 0 Å². The molecule has 0 aliphatic heterocycles. The molecule has 0 bridgehead atoms. The Kier molecular flexibility index (Phi) is 6.35. The van der Waals surface area contributed by atoms with Gasteiger partial charge in [-0.1, -0.05) is 25.1 Å². The highest BCUT2D eigenvalue weighted by Crippen LogP contribution is 2.13. The molecular formula is C18H25FN4O. The standard InChI is InChI=1S/C18H25FN4O/c1-12(2)17-10-16(24-23-17)11-22-18(20-4)21-8-7-14-5-6-15(19)9-13(14)3/h5-6,9-10,12H,7-8,11H2,1-4H3,(H2,20,21,22). The highest BCUT2D eigenvalue weighted by molar-refractivity contribution is 5.79. The van der Waals surface area contributed by atoms with Gasteiger partial charge in [0.05, 0.1) is 12.2 Å². The summed E-state index contributed by atoms with van der Waals surface area (Å²) >= 11 is 0. The molecule has 1 aromatic carbocycles. The van der Waals surface area contributed by atoms with E-state index in [9.17, 15) is 4.39 Å². The Balaban J connectivity index is 1.79. The molecule has 1 aromatic heterocycles. The highest BCUT2D eigenvalue weighted by atomic mass is 19.1. The van der Waals surface area contributed by atoms with Gasteiger partial charge in [-0.2, -0.15) is 0 Å². The largest absolute Gasteiger partial charge is 0.359 e. The number of benzene rings is 1. The molecule has 5 nitrogen and oxygen atoms in total. The summed E-state index contributed by atoms with van der Waals surface area (Å²) in [7, 11) is 1.72. The number of rotatable bonds is 6. The zero-order chi connectivity index (χ0) is 17.5. The van der Waals surface area contributed by atoms with E-state index in [4.69, 9.17) is 4.52 Å². The molecule has 0 radical (unpaired) electrons. The number of aromatic nitrogens is 1. The smallest absolute Gasteiger partial charge is 0.191 e. The SMILES string of the molecule is CN=C(NCCc1ccc(F)cc1C)NCc1cc(C(C)C)no1. The normalized spacial score (nSPS) is 11.8. The van der Waals surface area contributed by atoms with Crippen molar-refractivity contribution in [3.05, 3.63) is 52.7 Å². The fourth-order valence-corrected chi connectivity index (χ4v) is 2.33. The van der Waals surface area contributed by atoms with Crippen molar-refractivity contribution in [1.82, 2.24) is 15.8 Å². The van der Waals surface area contributed by atoms with E-state index in [0.717, 1.165) is 29.0 Å². The van der Waals surface area contributed by atoms with Crippen molar-refractivity contribution >= 4 is 5.96 Å². The minimum Gasteiger partial charge on any atom is -0.359 e. The third kappa shape index (κ3) is 5.08. The van der Waals surface area contributed by atoms with Crippen LogP contribution in [0.2, 0.25) is 0 Å². The van der Waals surface area contributed by atoms with Gasteiger partial charge in [0.2, 0.25) is 0 Å². The molecule has 2 aromatic rings. The second kappa shape index (κ2) is 8.47. The van der Waals surface area contributed by atoms with E-state index in [2.05, 4.69) is 34.6 Å². The monoisotopic (exact) mass is 332 g/mol. The molecule has 0 unspecified atom stereocenters. The molecule has 0 saturated carbocycles. The van der Waals surface area contributed by atoms with Crippen molar-refractivity contribution in [3.8, 4) is 0 Å². The molecule has 6 heteroatoms. The van der Waals surface area contributed by atoms with Crippen LogP contribution in [0.25, 0.3) is 0 Å². The molecule has 0 fully saturated rings. The quantitative estimate of drug-likeness (QED) is 0.630. The average molecular weight is 332 g/mol. The summed E-state index contributed by atoms with van der Waals surface area (Å²) in [5, 5.41) is 10.5. The zero-order valence-electron chi connectivity index (χ0n) is 14.7. The van der Waals surface area contributed by atoms with Gasteiger partial charge in [0.1, 0.15) is 5.82 Å². The van der Waals surface area contributed by atoms with Gasteiger partial charge in [0.15, 0.2) is 11.7 Å². The lowest BCUT2D eigenvalue weighted by molar-refractivity contribution is 0.372. The Hall–Kier alpha value is -2.37. The van der Waals surface area contributed by atoms with Crippen LogP contribution in [0.3, 0.4) is 0 Å². The summed E-state index contributed by atoms with van der Waals surface area (Å²) in [6.07, 6.45) is 0.798. The number of nitrogens with zero attached hydrogens (tertiary/aromatic N) is 2. The first kappa shape index (κ1) is 18.0. The van der Waals surface area contributed by atoms with E-state index in [-0.39, 0.29) is 5.82 Å². The molecule has 0 aliphatic carbocycles. The molecule has 0 spiro atoms. The molecule has 0 amide bonds. The summed E-state index contributed by atoms with van der Waals surface area (Å²) < 4.78 is 18.4. The van der Waals surface area contributed by atoms with Crippen molar-refractivity contribution < 1.29 is 8.91 Å². The number of aliphatic imine (C=N–C) groups is 1. The van der Waals surface area contributed by atoms with Crippen molar-refractivity contribution in [2.24, 2.45) is 4.99 Å². The van der Waals surface area contributed by atoms with Gasteiger partial charge >= 0.3 is 0 Å². The first-order valence-corrected chi connectivity index (χ1v) is 8.14. The molecule has 0 saturated heterocycles. The van der Waals surface area contributed by atoms with Crippen LogP contribution in [-0.2, 0) is 13.0 Å². The first-order chi connectivity index (χ1) is 11.5. The maximum Gasteiger partial charge on any atom is 0.191 e. The van der Waals surface area contributed by atoms with Crippen LogP contribution in [0.15, 0.2) is 33.8 Å². The van der Waals surface area contributed by atoms with Crippen LogP contribution < -0.4 is 10.6 Å². The Morgan fingerprint density at radius 1 is 1.29 bits per heavy atom. The second-order valence-corrected chi connectivity index (χ2v) is 6.05. The molecule has 0 atom stereocenters. The van der Waals surface area contributed by atoms with E-state index in [1.165, 1.54) is 6.07 Å². The molecule has 0 aliphatic rings. The second-order valence-electron chi connectivity index (χ2n) is 6.05. The third-order valence-electron chi connectivity index (χ3n) is 3.81. The molecular weight excluding hydrogens is 307 g/mol. The average Bonchev–Trinajstić information content (AvgIpc) is 3.01. The molecule has 1 heterocycles. The van der Waals surface area contributed by atoms with E-state index < -0.39 is 0 Å². The Morgan fingerprint density at radius 2 is 2.08 bits per heavy atom. The Labute approximate surface area is 142 Å². The fourth-order valence-electron chi connectivity index (χ4n) is 2.33. The van der Waals surface area contributed by atoms with Crippen molar-refractivity contribution in [2.75, 3.05) is 13.6 Å². The van der Waals surface area contributed by atoms with Crippen LogP contribution in [0, 0.1) is 12.7 Å². The zero-order valence-corrected chi connectivity index (χ0v) is 14.7. The number of aryl methyl sites for hydroxylation is 1. The van der Waals surface area contributed by atoms with E-state index in [1.807, 2.05) is 19.1 Å².